The molecular weight excluding hydrogens is 258 g/mol. The number of aryl methyl sites for hydroxylation is 1. The zero-order valence-electron chi connectivity index (χ0n) is 11.3. The van der Waals surface area contributed by atoms with E-state index in [9.17, 15) is 4.79 Å². The van der Waals surface area contributed by atoms with Crippen molar-refractivity contribution in [1.29, 1.82) is 0 Å². The summed E-state index contributed by atoms with van der Waals surface area (Å²) in [6, 6.07) is 6.99. The van der Waals surface area contributed by atoms with E-state index in [0.717, 1.165) is 11.1 Å². The summed E-state index contributed by atoms with van der Waals surface area (Å²) in [5.74, 6) is -0.439. The first-order valence-corrected chi connectivity index (χ1v) is 5.91. The maximum absolute atomic E-state index is 11.8. The Hall–Kier alpha value is -2.70. The first-order valence-electron chi connectivity index (χ1n) is 5.91. The highest BCUT2D eigenvalue weighted by Gasteiger charge is 2.26. The Morgan fingerprint density at radius 2 is 2.05 bits per heavy atom. The Kier molecular flexibility index (Phi) is 3.79. The molecule has 0 radical (unpaired) electrons. The SMILES string of the molecule is C=C(C(=O)OC)C(c1ccc(C)cc1)n1nnnc1N. The summed E-state index contributed by atoms with van der Waals surface area (Å²) in [6.45, 7) is 5.75. The summed E-state index contributed by atoms with van der Waals surface area (Å²) in [5.41, 5.74) is 7.82. The number of nitrogens with two attached hydrogens (primary N) is 1. The molecule has 1 atom stereocenters. The molecule has 0 saturated carbocycles. The minimum absolute atomic E-state index is 0.0978. The number of benzene rings is 1. The predicted octanol–water partition coefficient (Wildman–Crippen LogP) is 0.882. The third-order valence-electron chi connectivity index (χ3n) is 2.93. The van der Waals surface area contributed by atoms with Gasteiger partial charge in [-0.15, -0.1) is 0 Å². The molecule has 0 bridgehead atoms. The van der Waals surface area contributed by atoms with Gasteiger partial charge in [-0.25, -0.2) is 4.79 Å². The minimum atomic E-state index is -0.599. The van der Waals surface area contributed by atoms with Crippen LogP contribution in [0, 0.1) is 6.92 Å². The Morgan fingerprint density at radius 3 is 2.55 bits per heavy atom. The van der Waals surface area contributed by atoms with Gasteiger partial charge in [-0.3, -0.25) is 0 Å². The van der Waals surface area contributed by atoms with E-state index in [1.54, 1.807) is 0 Å². The zero-order chi connectivity index (χ0) is 14.7. The van der Waals surface area contributed by atoms with Gasteiger partial charge in [0.25, 0.3) is 0 Å². The van der Waals surface area contributed by atoms with E-state index >= 15 is 0 Å². The van der Waals surface area contributed by atoms with E-state index in [-0.39, 0.29) is 11.5 Å². The highest BCUT2D eigenvalue weighted by atomic mass is 16.5. The lowest BCUT2D eigenvalue weighted by molar-refractivity contribution is -0.136. The molecule has 0 fully saturated rings. The summed E-state index contributed by atoms with van der Waals surface area (Å²) in [5, 5.41) is 10.9. The average molecular weight is 273 g/mol. The summed E-state index contributed by atoms with van der Waals surface area (Å²) in [4.78, 5) is 11.8. The molecule has 7 heteroatoms. The Morgan fingerprint density at radius 1 is 1.40 bits per heavy atom. The van der Waals surface area contributed by atoms with Crippen molar-refractivity contribution in [1.82, 2.24) is 20.2 Å². The van der Waals surface area contributed by atoms with Crippen molar-refractivity contribution in [2.45, 2.75) is 13.0 Å². The largest absolute Gasteiger partial charge is 0.466 e. The van der Waals surface area contributed by atoms with Crippen molar-refractivity contribution in [3.8, 4) is 0 Å². The number of tetrazole rings is 1. The fourth-order valence-electron chi connectivity index (χ4n) is 1.87. The summed E-state index contributed by atoms with van der Waals surface area (Å²) in [6.07, 6.45) is 0. The van der Waals surface area contributed by atoms with Crippen LogP contribution in [-0.2, 0) is 9.53 Å². The standard InChI is InChI=1S/C13H15N5O2/c1-8-4-6-10(7-5-8)11(9(2)12(19)20-3)18-13(14)15-16-17-18/h4-7,11H,2H2,1,3H3,(H2,14,15,17). The van der Waals surface area contributed by atoms with Crippen LogP contribution in [0.4, 0.5) is 5.95 Å². The molecule has 0 spiro atoms. The molecule has 2 rings (SSSR count). The lowest BCUT2D eigenvalue weighted by atomic mass is 9.99. The molecule has 1 unspecified atom stereocenters. The number of rotatable bonds is 4. The molecule has 104 valence electrons. The fraction of sp³-hybridized carbons (Fsp3) is 0.231. The van der Waals surface area contributed by atoms with Gasteiger partial charge in [0.2, 0.25) is 5.95 Å². The minimum Gasteiger partial charge on any atom is -0.466 e. The molecule has 20 heavy (non-hydrogen) atoms. The number of esters is 1. The molecule has 0 aliphatic heterocycles. The molecule has 2 aromatic rings. The number of nitrogen functional groups attached to an aromatic ring is 1. The van der Waals surface area contributed by atoms with E-state index in [2.05, 4.69) is 22.1 Å². The normalized spacial score (nSPS) is 11.9. The van der Waals surface area contributed by atoms with Gasteiger partial charge in [0.05, 0.1) is 12.7 Å². The van der Waals surface area contributed by atoms with Crippen LogP contribution in [0.5, 0.6) is 0 Å². The van der Waals surface area contributed by atoms with E-state index in [4.69, 9.17) is 10.5 Å². The number of ether oxygens (including phenoxy) is 1. The molecule has 1 heterocycles. The Bertz CT molecular complexity index is 632. The molecule has 0 amide bonds. The Balaban J connectivity index is 2.50. The molecule has 0 aliphatic carbocycles. The third kappa shape index (κ3) is 2.51. The number of anilines is 1. The molecule has 0 saturated heterocycles. The number of carbonyl (C=O) groups excluding carboxylic acids is 1. The van der Waals surface area contributed by atoms with Crippen LogP contribution in [0.25, 0.3) is 0 Å². The first kappa shape index (κ1) is 13.7. The molecular formula is C13H15N5O2. The van der Waals surface area contributed by atoms with Crippen LogP contribution in [0.15, 0.2) is 36.4 Å². The van der Waals surface area contributed by atoms with Crippen molar-refractivity contribution >= 4 is 11.9 Å². The second-order valence-corrected chi connectivity index (χ2v) is 4.31. The number of hydrogen-bond acceptors (Lipinski definition) is 6. The number of carbonyl (C=O) groups is 1. The van der Waals surface area contributed by atoms with Gasteiger partial charge in [0.15, 0.2) is 0 Å². The van der Waals surface area contributed by atoms with E-state index < -0.39 is 12.0 Å². The van der Waals surface area contributed by atoms with Crippen molar-refractivity contribution in [2.75, 3.05) is 12.8 Å². The maximum atomic E-state index is 11.8. The van der Waals surface area contributed by atoms with Gasteiger partial charge in [0, 0.05) is 0 Å². The second kappa shape index (κ2) is 5.52. The number of nitrogens with zero attached hydrogens (tertiary/aromatic N) is 4. The van der Waals surface area contributed by atoms with Crippen molar-refractivity contribution in [2.24, 2.45) is 0 Å². The van der Waals surface area contributed by atoms with Crippen LogP contribution in [0.2, 0.25) is 0 Å². The fourth-order valence-corrected chi connectivity index (χ4v) is 1.87. The maximum Gasteiger partial charge on any atom is 0.335 e. The molecule has 7 nitrogen and oxygen atoms in total. The van der Waals surface area contributed by atoms with Gasteiger partial charge >= 0.3 is 5.97 Å². The van der Waals surface area contributed by atoms with Gasteiger partial charge < -0.3 is 10.5 Å². The lowest BCUT2D eigenvalue weighted by Crippen LogP contribution is -2.22. The van der Waals surface area contributed by atoms with Crippen LogP contribution >= 0.6 is 0 Å². The van der Waals surface area contributed by atoms with Gasteiger partial charge in [-0.05, 0) is 22.9 Å². The molecule has 1 aromatic carbocycles. The number of methoxy groups -OCH3 is 1. The van der Waals surface area contributed by atoms with Crippen molar-refractivity contribution in [3.05, 3.63) is 47.5 Å². The second-order valence-electron chi connectivity index (χ2n) is 4.31. The topological polar surface area (TPSA) is 95.9 Å². The quantitative estimate of drug-likeness (QED) is 0.656. The molecule has 0 aliphatic rings. The molecule has 1 aromatic heterocycles. The zero-order valence-corrected chi connectivity index (χ0v) is 11.3. The van der Waals surface area contributed by atoms with E-state index in [0.29, 0.717) is 0 Å². The summed E-state index contributed by atoms with van der Waals surface area (Å²) >= 11 is 0. The van der Waals surface area contributed by atoms with Crippen molar-refractivity contribution < 1.29 is 9.53 Å². The lowest BCUT2D eigenvalue weighted by Gasteiger charge is -2.19. The van der Waals surface area contributed by atoms with Crippen molar-refractivity contribution in [3.63, 3.8) is 0 Å². The van der Waals surface area contributed by atoms with Gasteiger partial charge in [0.1, 0.15) is 6.04 Å². The van der Waals surface area contributed by atoms with Gasteiger partial charge in [-0.1, -0.05) is 41.5 Å². The van der Waals surface area contributed by atoms with Crippen LogP contribution in [0.3, 0.4) is 0 Å². The van der Waals surface area contributed by atoms with Crippen LogP contribution in [0.1, 0.15) is 17.2 Å². The predicted molar refractivity (Wildman–Crippen MR) is 72.7 cm³/mol. The van der Waals surface area contributed by atoms with E-state index in [1.165, 1.54) is 11.8 Å². The summed E-state index contributed by atoms with van der Waals surface area (Å²) < 4.78 is 6.05. The Labute approximate surface area is 116 Å². The van der Waals surface area contributed by atoms with Crippen LogP contribution in [-0.4, -0.2) is 33.3 Å². The third-order valence-corrected chi connectivity index (χ3v) is 2.93. The van der Waals surface area contributed by atoms with Gasteiger partial charge in [-0.2, -0.15) is 4.68 Å². The molecule has 2 N–H and O–H groups in total. The highest BCUT2D eigenvalue weighted by Crippen LogP contribution is 2.27. The monoisotopic (exact) mass is 273 g/mol. The summed E-state index contributed by atoms with van der Waals surface area (Å²) in [7, 11) is 1.29. The first-order chi connectivity index (χ1) is 9.54. The highest BCUT2D eigenvalue weighted by molar-refractivity contribution is 5.89. The number of hydrogen-bond donors (Lipinski definition) is 1. The van der Waals surface area contributed by atoms with Crippen LogP contribution < -0.4 is 5.73 Å². The smallest absolute Gasteiger partial charge is 0.335 e. The average Bonchev–Trinajstić information content (AvgIpc) is 2.86. The van der Waals surface area contributed by atoms with E-state index in [1.807, 2.05) is 31.2 Å². The number of aromatic nitrogens is 4.